The number of carboxylic acid groups (broad SMARTS) is 1. The molecule has 0 bridgehead atoms. The highest BCUT2D eigenvalue weighted by Crippen LogP contribution is 2.38. The summed E-state index contributed by atoms with van der Waals surface area (Å²) >= 11 is 0. The highest BCUT2D eigenvalue weighted by atomic mass is 19.1. The topological polar surface area (TPSA) is 113 Å². The van der Waals surface area contributed by atoms with Crippen molar-refractivity contribution in [3.8, 4) is 0 Å². The SMILES string of the molecule is O=C(O)c1cc(NC2(CO)CCC2)c([N+](=O)[O-])cc1F. The van der Waals surface area contributed by atoms with E-state index in [9.17, 15) is 24.4 Å². The fourth-order valence-electron chi connectivity index (χ4n) is 2.19. The number of nitrogens with one attached hydrogen (secondary N) is 1. The summed E-state index contributed by atoms with van der Waals surface area (Å²) in [5.41, 5.74) is -1.99. The number of aromatic carboxylic acids is 1. The van der Waals surface area contributed by atoms with Gasteiger partial charge < -0.3 is 15.5 Å². The zero-order valence-corrected chi connectivity index (χ0v) is 10.4. The van der Waals surface area contributed by atoms with Crippen molar-refractivity contribution in [2.75, 3.05) is 11.9 Å². The fourth-order valence-corrected chi connectivity index (χ4v) is 2.19. The van der Waals surface area contributed by atoms with Gasteiger partial charge >= 0.3 is 5.97 Å². The Morgan fingerprint density at radius 3 is 2.55 bits per heavy atom. The molecule has 0 unspecified atom stereocenters. The van der Waals surface area contributed by atoms with Crippen molar-refractivity contribution < 1.29 is 24.3 Å². The number of aliphatic hydroxyl groups is 1. The first-order chi connectivity index (χ1) is 9.38. The summed E-state index contributed by atoms with van der Waals surface area (Å²) in [5, 5.41) is 31.9. The number of anilines is 1. The van der Waals surface area contributed by atoms with E-state index < -0.39 is 33.5 Å². The number of nitro benzene ring substituents is 1. The molecule has 0 amide bonds. The van der Waals surface area contributed by atoms with Crippen LogP contribution in [-0.2, 0) is 0 Å². The lowest BCUT2D eigenvalue weighted by molar-refractivity contribution is -0.384. The molecule has 0 saturated heterocycles. The van der Waals surface area contributed by atoms with Gasteiger partial charge in [-0.3, -0.25) is 10.1 Å². The summed E-state index contributed by atoms with van der Waals surface area (Å²) in [4.78, 5) is 21.0. The average Bonchev–Trinajstić information content (AvgIpc) is 2.34. The van der Waals surface area contributed by atoms with Crippen molar-refractivity contribution in [2.45, 2.75) is 24.8 Å². The molecule has 1 aromatic carbocycles. The molecule has 2 rings (SSSR count). The van der Waals surface area contributed by atoms with E-state index in [0.29, 0.717) is 18.9 Å². The number of rotatable bonds is 5. The van der Waals surface area contributed by atoms with Gasteiger partial charge in [0.25, 0.3) is 5.69 Å². The summed E-state index contributed by atoms with van der Waals surface area (Å²) in [7, 11) is 0. The van der Waals surface area contributed by atoms with Gasteiger partial charge in [-0.2, -0.15) is 0 Å². The van der Waals surface area contributed by atoms with E-state index in [1.807, 2.05) is 0 Å². The number of hydrogen-bond acceptors (Lipinski definition) is 5. The molecule has 1 saturated carbocycles. The maximum Gasteiger partial charge on any atom is 0.338 e. The molecule has 108 valence electrons. The number of hydrogen-bond donors (Lipinski definition) is 3. The Kier molecular flexibility index (Phi) is 3.58. The summed E-state index contributed by atoms with van der Waals surface area (Å²) in [6, 6.07) is 1.47. The van der Waals surface area contributed by atoms with Gasteiger partial charge in [0.2, 0.25) is 0 Å². The Morgan fingerprint density at radius 2 is 2.15 bits per heavy atom. The minimum absolute atomic E-state index is 0.0949. The Hall–Kier alpha value is -2.22. The van der Waals surface area contributed by atoms with Crippen LogP contribution in [0.5, 0.6) is 0 Å². The van der Waals surface area contributed by atoms with E-state index in [1.54, 1.807) is 0 Å². The van der Waals surface area contributed by atoms with Crippen molar-refractivity contribution in [3.63, 3.8) is 0 Å². The van der Waals surface area contributed by atoms with Crippen LogP contribution in [-0.4, -0.2) is 33.3 Å². The largest absolute Gasteiger partial charge is 0.478 e. The van der Waals surface area contributed by atoms with E-state index >= 15 is 0 Å². The molecule has 1 aromatic rings. The highest BCUT2D eigenvalue weighted by Gasteiger charge is 2.38. The molecule has 0 aromatic heterocycles. The van der Waals surface area contributed by atoms with Crippen molar-refractivity contribution >= 4 is 17.3 Å². The van der Waals surface area contributed by atoms with Gasteiger partial charge in [0.05, 0.1) is 28.7 Å². The Bertz CT molecular complexity index is 566. The van der Waals surface area contributed by atoms with Gasteiger partial charge in [-0.15, -0.1) is 0 Å². The Labute approximate surface area is 113 Å². The minimum Gasteiger partial charge on any atom is -0.478 e. The number of benzene rings is 1. The molecular formula is C12H13FN2O5. The van der Waals surface area contributed by atoms with Crippen molar-refractivity contribution in [3.05, 3.63) is 33.6 Å². The Morgan fingerprint density at radius 1 is 1.50 bits per heavy atom. The zero-order valence-electron chi connectivity index (χ0n) is 10.4. The second kappa shape index (κ2) is 5.04. The molecular weight excluding hydrogens is 271 g/mol. The van der Waals surface area contributed by atoms with Gasteiger partial charge in [-0.25, -0.2) is 9.18 Å². The van der Waals surface area contributed by atoms with Gasteiger partial charge in [0.1, 0.15) is 11.5 Å². The molecule has 1 aliphatic rings. The first-order valence-corrected chi connectivity index (χ1v) is 5.99. The molecule has 1 fully saturated rings. The second-order valence-corrected chi connectivity index (χ2v) is 4.83. The lowest BCUT2D eigenvalue weighted by atomic mass is 9.77. The zero-order chi connectivity index (χ0) is 14.9. The third-order valence-electron chi connectivity index (χ3n) is 3.53. The molecule has 7 nitrogen and oxygen atoms in total. The Balaban J connectivity index is 2.46. The molecule has 0 spiro atoms. The quantitative estimate of drug-likeness (QED) is 0.561. The summed E-state index contributed by atoms with van der Waals surface area (Å²) in [6.07, 6.45) is 2.08. The molecule has 1 aliphatic carbocycles. The molecule has 20 heavy (non-hydrogen) atoms. The van der Waals surface area contributed by atoms with Crippen molar-refractivity contribution in [1.82, 2.24) is 0 Å². The molecule has 0 aliphatic heterocycles. The van der Waals surface area contributed by atoms with E-state index in [1.165, 1.54) is 0 Å². The number of nitro groups is 1. The molecule has 0 heterocycles. The third-order valence-corrected chi connectivity index (χ3v) is 3.53. The predicted octanol–water partition coefficient (Wildman–Crippen LogP) is 1.76. The normalized spacial score (nSPS) is 16.3. The fraction of sp³-hybridized carbons (Fsp3) is 0.417. The smallest absolute Gasteiger partial charge is 0.338 e. The van der Waals surface area contributed by atoms with Gasteiger partial charge in [-0.05, 0) is 25.3 Å². The van der Waals surface area contributed by atoms with Crippen LogP contribution in [0.4, 0.5) is 15.8 Å². The van der Waals surface area contributed by atoms with E-state index in [-0.39, 0.29) is 12.3 Å². The van der Waals surface area contributed by atoms with Crippen LogP contribution in [0.15, 0.2) is 12.1 Å². The van der Waals surface area contributed by atoms with E-state index in [4.69, 9.17) is 5.11 Å². The van der Waals surface area contributed by atoms with Crippen LogP contribution in [0.2, 0.25) is 0 Å². The van der Waals surface area contributed by atoms with E-state index in [0.717, 1.165) is 12.5 Å². The van der Waals surface area contributed by atoms with E-state index in [2.05, 4.69) is 5.32 Å². The van der Waals surface area contributed by atoms with Gasteiger partial charge in [-0.1, -0.05) is 0 Å². The molecule has 0 atom stereocenters. The number of carbonyl (C=O) groups is 1. The van der Waals surface area contributed by atoms with Crippen LogP contribution < -0.4 is 5.32 Å². The lowest BCUT2D eigenvalue weighted by Crippen LogP contribution is -2.48. The summed E-state index contributed by atoms with van der Waals surface area (Å²) in [6.45, 7) is -0.232. The van der Waals surface area contributed by atoms with Crippen LogP contribution >= 0.6 is 0 Å². The van der Waals surface area contributed by atoms with Gasteiger partial charge in [0, 0.05) is 0 Å². The number of carboxylic acids is 1. The maximum absolute atomic E-state index is 13.5. The molecule has 0 radical (unpaired) electrons. The van der Waals surface area contributed by atoms with Crippen molar-refractivity contribution in [1.29, 1.82) is 0 Å². The average molecular weight is 284 g/mol. The molecule has 3 N–H and O–H groups in total. The van der Waals surface area contributed by atoms with Gasteiger partial charge in [0.15, 0.2) is 0 Å². The number of halogens is 1. The first-order valence-electron chi connectivity index (χ1n) is 5.99. The van der Waals surface area contributed by atoms with Crippen LogP contribution in [0.25, 0.3) is 0 Å². The highest BCUT2D eigenvalue weighted by molar-refractivity contribution is 5.90. The predicted molar refractivity (Wildman–Crippen MR) is 67.3 cm³/mol. The number of nitrogens with zero attached hydrogens (tertiary/aromatic N) is 1. The van der Waals surface area contributed by atoms with Crippen molar-refractivity contribution in [2.24, 2.45) is 0 Å². The summed E-state index contributed by atoms with van der Waals surface area (Å²) < 4.78 is 13.5. The van der Waals surface area contributed by atoms with Crippen LogP contribution in [0, 0.1) is 15.9 Å². The maximum atomic E-state index is 13.5. The molecule has 8 heteroatoms. The van der Waals surface area contributed by atoms with Crippen LogP contribution in [0.3, 0.4) is 0 Å². The number of aliphatic hydroxyl groups excluding tert-OH is 1. The standard InChI is InChI=1S/C12H13FN2O5/c13-8-5-10(15(19)20)9(4-7(8)11(17)18)14-12(6-16)2-1-3-12/h4-5,14,16H,1-3,6H2,(H,17,18). The lowest BCUT2D eigenvalue weighted by Gasteiger charge is -2.41. The second-order valence-electron chi connectivity index (χ2n) is 4.83. The third kappa shape index (κ3) is 2.42. The summed E-state index contributed by atoms with van der Waals surface area (Å²) in [5.74, 6) is -2.67. The minimum atomic E-state index is -1.51. The van der Waals surface area contributed by atoms with Crippen LogP contribution in [0.1, 0.15) is 29.6 Å². The first kappa shape index (κ1) is 14.2. The monoisotopic (exact) mass is 284 g/mol.